The van der Waals surface area contributed by atoms with E-state index in [2.05, 4.69) is 16.7 Å². The highest BCUT2D eigenvalue weighted by atomic mass is 19.3. The number of aromatic nitrogens is 1. The number of alkyl halides is 2. The van der Waals surface area contributed by atoms with Gasteiger partial charge in [0, 0.05) is 47.6 Å². The van der Waals surface area contributed by atoms with Gasteiger partial charge in [0.05, 0.1) is 24.3 Å². The number of carbonyl (C=O) groups excluding carboxylic acids is 1. The van der Waals surface area contributed by atoms with Crippen LogP contribution in [0.3, 0.4) is 0 Å². The minimum Gasteiger partial charge on any atom is -0.478 e. The highest BCUT2D eigenvalue weighted by molar-refractivity contribution is 6.03. The summed E-state index contributed by atoms with van der Waals surface area (Å²) in [7, 11) is 0. The zero-order valence-corrected chi connectivity index (χ0v) is 24.5. The summed E-state index contributed by atoms with van der Waals surface area (Å²) >= 11 is 0. The largest absolute Gasteiger partial charge is 0.478 e. The first-order chi connectivity index (χ1) is 20.8. The van der Waals surface area contributed by atoms with E-state index in [-0.39, 0.29) is 30.5 Å². The number of carboxylic acids is 1. The average Bonchev–Trinajstić information content (AvgIpc) is 3.23. The summed E-state index contributed by atoms with van der Waals surface area (Å²) in [6.07, 6.45) is 9.67. The van der Waals surface area contributed by atoms with E-state index in [1.165, 1.54) is 24.8 Å². The zero-order chi connectivity index (χ0) is 29.7. The van der Waals surface area contributed by atoms with E-state index in [1.54, 1.807) is 12.1 Å². The predicted octanol–water partition coefficient (Wildman–Crippen LogP) is 7.17. The molecule has 3 aliphatic heterocycles. The van der Waals surface area contributed by atoms with Crippen LogP contribution in [0.4, 0.5) is 8.78 Å². The predicted molar refractivity (Wildman–Crippen MR) is 163 cm³/mol. The van der Waals surface area contributed by atoms with Gasteiger partial charge in [0.15, 0.2) is 0 Å². The van der Waals surface area contributed by atoms with Gasteiger partial charge in [-0.2, -0.15) is 0 Å². The molecule has 1 saturated carbocycles. The molecule has 1 aromatic heterocycles. The maximum absolute atomic E-state index is 14.1. The maximum atomic E-state index is 14.1. The number of piperidine rings is 2. The Bertz CT molecular complexity index is 1600. The minimum absolute atomic E-state index is 0.0273. The lowest BCUT2D eigenvalue weighted by atomic mass is 9.81. The Kier molecular flexibility index (Phi) is 7.36. The Morgan fingerprint density at radius 2 is 1.67 bits per heavy atom. The van der Waals surface area contributed by atoms with Crippen LogP contribution in [0.2, 0.25) is 0 Å². The van der Waals surface area contributed by atoms with E-state index >= 15 is 0 Å². The zero-order valence-electron chi connectivity index (χ0n) is 24.5. The number of fused-ring (bicyclic) bond motifs is 5. The van der Waals surface area contributed by atoms with Gasteiger partial charge in [-0.05, 0) is 73.9 Å². The van der Waals surface area contributed by atoms with E-state index in [4.69, 9.17) is 0 Å². The van der Waals surface area contributed by atoms with Crippen molar-refractivity contribution in [2.75, 3.05) is 26.2 Å². The number of aromatic carboxylic acids is 1. The summed E-state index contributed by atoms with van der Waals surface area (Å²) in [5.41, 5.74) is 6.21. The third kappa shape index (κ3) is 5.28. The molecule has 0 radical (unpaired) electrons. The molecular weight excluding hydrogens is 548 g/mol. The second kappa shape index (κ2) is 11.2. The van der Waals surface area contributed by atoms with Crippen LogP contribution in [0.15, 0.2) is 48.0 Å². The van der Waals surface area contributed by atoms with Crippen molar-refractivity contribution in [1.29, 1.82) is 0 Å². The first-order valence-electron chi connectivity index (χ1n) is 15.9. The monoisotopic (exact) mass is 587 g/mol. The number of nitrogens with zero attached hydrogens (tertiary/aromatic N) is 3. The van der Waals surface area contributed by atoms with Crippen LogP contribution in [0.1, 0.15) is 85.2 Å². The fraction of sp³-hybridized carbons (Fsp3) is 0.486. The highest BCUT2D eigenvalue weighted by Gasteiger charge is 2.39. The smallest absolute Gasteiger partial charge is 0.335 e. The second-order valence-electron chi connectivity index (χ2n) is 12.9. The number of rotatable bonds is 4. The van der Waals surface area contributed by atoms with Crippen LogP contribution in [0, 0.1) is 0 Å². The molecule has 0 unspecified atom stereocenters. The fourth-order valence-corrected chi connectivity index (χ4v) is 8.08. The quantitative estimate of drug-likeness (QED) is 0.351. The number of hydrogen-bond donors (Lipinski definition) is 1. The van der Waals surface area contributed by atoms with Gasteiger partial charge >= 0.3 is 5.97 Å². The van der Waals surface area contributed by atoms with Crippen LogP contribution >= 0.6 is 0 Å². The topological polar surface area (TPSA) is 65.8 Å². The van der Waals surface area contributed by atoms with Crippen LogP contribution in [-0.4, -0.2) is 69.5 Å². The Morgan fingerprint density at radius 1 is 0.907 bits per heavy atom. The Hall–Kier alpha value is -3.52. The molecule has 0 spiro atoms. The molecular formula is C35H39F2N3O3. The molecule has 3 aromatic rings. The van der Waals surface area contributed by atoms with E-state index in [0.717, 1.165) is 40.6 Å². The number of likely N-dealkylation sites (tertiary alicyclic amines) is 2. The molecule has 0 atom stereocenters. The molecule has 1 aliphatic carbocycles. The summed E-state index contributed by atoms with van der Waals surface area (Å²) in [5.74, 6) is -3.24. The van der Waals surface area contributed by atoms with Crippen molar-refractivity contribution in [2.24, 2.45) is 0 Å². The first-order valence-corrected chi connectivity index (χ1v) is 15.9. The van der Waals surface area contributed by atoms with Gasteiger partial charge in [-0.1, -0.05) is 49.6 Å². The number of carbonyl (C=O) groups is 2. The summed E-state index contributed by atoms with van der Waals surface area (Å²) in [6.45, 7) is 1.95. The summed E-state index contributed by atoms with van der Waals surface area (Å²) in [6, 6.07) is 13.7. The van der Waals surface area contributed by atoms with Crippen molar-refractivity contribution in [3.05, 3.63) is 64.7 Å². The Balaban J connectivity index is 1.24. The van der Waals surface area contributed by atoms with Crippen molar-refractivity contribution in [1.82, 2.24) is 14.4 Å². The molecule has 1 N–H and O–H groups in total. The number of benzene rings is 2. The van der Waals surface area contributed by atoms with E-state index in [1.807, 2.05) is 34.1 Å². The van der Waals surface area contributed by atoms with Crippen molar-refractivity contribution < 1.29 is 23.5 Å². The van der Waals surface area contributed by atoms with Gasteiger partial charge in [-0.3, -0.25) is 9.69 Å². The molecule has 3 fully saturated rings. The lowest BCUT2D eigenvalue weighted by Gasteiger charge is -2.42. The highest BCUT2D eigenvalue weighted by Crippen LogP contribution is 2.46. The maximum Gasteiger partial charge on any atom is 0.335 e. The number of halogens is 2. The summed E-state index contributed by atoms with van der Waals surface area (Å²) in [4.78, 5) is 30.0. The molecule has 2 aromatic carbocycles. The second-order valence-corrected chi connectivity index (χ2v) is 12.9. The molecule has 2 saturated heterocycles. The van der Waals surface area contributed by atoms with Crippen LogP contribution < -0.4 is 0 Å². The Labute approximate surface area is 251 Å². The number of carboxylic acid groups (broad SMARTS) is 1. The van der Waals surface area contributed by atoms with Crippen molar-refractivity contribution in [2.45, 2.75) is 82.2 Å². The van der Waals surface area contributed by atoms with Gasteiger partial charge in [-0.15, -0.1) is 0 Å². The van der Waals surface area contributed by atoms with Crippen molar-refractivity contribution >= 4 is 28.9 Å². The van der Waals surface area contributed by atoms with Gasteiger partial charge in [-0.25, -0.2) is 13.6 Å². The number of amides is 1. The van der Waals surface area contributed by atoms with Crippen molar-refractivity contribution in [3.8, 4) is 11.3 Å². The Morgan fingerprint density at radius 3 is 2.42 bits per heavy atom. The molecule has 8 heteroatoms. The van der Waals surface area contributed by atoms with Gasteiger partial charge in [0.1, 0.15) is 0 Å². The van der Waals surface area contributed by atoms with Crippen LogP contribution in [0.25, 0.3) is 28.2 Å². The minimum atomic E-state index is -2.63. The third-order valence-corrected chi connectivity index (χ3v) is 10.2. The van der Waals surface area contributed by atoms with Crippen molar-refractivity contribution in [3.63, 3.8) is 0 Å². The van der Waals surface area contributed by atoms with Crippen LogP contribution in [-0.2, 0) is 11.3 Å². The first kappa shape index (κ1) is 28.3. The normalized spacial score (nSPS) is 21.6. The number of hydrogen-bond acceptors (Lipinski definition) is 3. The molecule has 43 heavy (non-hydrogen) atoms. The molecule has 0 bridgehead atoms. The SMILES string of the molecule is O=C(O)c1ccc2c(C3CCCCC3)c3n(c2c1)CC(C(=O)N1CCC(N2CCCC(F)(F)C2)CC1)=Cc1ccccc1-3. The van der Waals surface area contributed by atoms with E-state index in [0.29, 0.717) is 56.9 Å². The molecule has 1 amide bonds. The molecule has 4 aliphatic rings. The van der Waals surface area contributed by atoms with Gasteiger partial charge in [0.2, 0.25) is 0 Å². The fourth-order valence-electron chi connectivity index (χ4n) is 8.08. The molecule has 7 rings (SSSR count). The average molecular weight is 588 g/mol. The molecule has 4 heterocycles. The van der Waals surface area contributed by atoms with Crippen LogP contribution in [0.5, 0.6) is 0 Å². The lowest BCUT2D eigenvalue weighted by molar-refractivity contribution is -0.130. The van der Waals surface area contributed by atoms with E-state index < -0.39 is 11.9 Å². The molecule has 226 valence electrons. The summed E-state index contributed by atoms with van der Waals surface area (Å²) in [5, 5.41) is 10.9. The van der Waals surface area contributed by atoms with Gasteiger partial charge in [0.25, 0.3) is 11.8 Å². The summed E-state index contributed by atoms with van der Waals surface area (Å²) < 4.78 is 30.4. The standard InChI is InChI=1S/C35H39F2N3O3/c36-35(37)15-6-16-39(22-35)27-13-17-38(18-14-27)33(41)26-19-24-9-4-5-10-28(24)32-31(23-7-2-1-3-8-23)29-12-11-25(34(42)43)20-30(29)40(32)21-26/h4-5,9-12,19-20,23,27H,1-3,6-8,13-18,21-22H2,(H,42,43). The van der Waals surface area contributed by atoms with Gasteiger partial charge < -0.3 is 14.6 Å². The van der Waals surface area contributed by atoms with E-state index in [9.17, 15) is 23.5 Å². The molecule has 6 nitrogen and oxygen atoms in total. The lowest BCUT2D eigenvalue weighted by Crippen LogP contribution is -2.52. The third-order valence-electron chi connectivity index (χ3n) is 10.2.